The van der Waals surface area contributed by atoms with Gasteiger partial charge in [-0.15, -0.1) is 0 Å². The van der Waals surface area contributed by atoms with Crippen molar-refractivity contribution in [3.63, 3.8) is 0 Å². The maximum Gasteiger partial charge on any atom is 0.278 e. The van der Waals surface area contributed by atoms with Crippen molar-refractivity contribution in [3.8, 4) is 0 Å². The van der Waals surface area contributed by atoms with Crippen LogP contribution in [0.1, 0.15) is 11.1 Å². The molecule has 4 aromatic carbocycles. The van der Waals surface area contributed by atoms with Crippen LogP contribution >= 0.6 is 23.2 Å². The molecular weight excluding hydrogens is 467 g/mol. The van der Waals surface area contributed by atoms with Gasteiger partial charge in [-0.05, 0) is 42.5 Å². The lowest BCUT2D eigenvalue weighted by Crippen LogP contribution is -2.58. The predicted molar refractivity (Wildman–Crippen MR) is 138 cm³/mol. The second-order valence-corrected chi connectivity index (χ2v) is 8.88. The van der Waals surface area contributed by atoms with Gasteiger partial charge >= 0.3 is 0 Å². The van der Waals surface area contributed by atoms with Crippen LogP contribution in [0.5, 0.6) is 0 Å². The number of hydrogen-bond acceptors (Lipinski definition) is 4. The van der Waals surface area contributed by atoms with E-state index in [0.717, 1.165) is 22.5 Å². The Balaban J connectivity index is 1.70. The van der Waals surface area contributed by atoms with Crippen molar-refractivity contribution >= 4 is 52.0 Å². The number of nitrogens with one attached hydrogen (secondary N) is 1. The summed E-state index contributed by atoms with van der Waals surface area (Å²) in [7, 11) is 0. The minimum Gasteiger partial charge on any atom is -0.322 e. The van der Waals surface area contributed by atoms with E-state index in [2.05, 4.69) is 5.32 Å². The highest BCUT2D eigenvalue weighted by molar-refractivity contribution is 6.34. The molecule has 6 rings (SSSR count). The van der Waals surface area contributed by atoms with Crippen LogP contribution in [-0.2, 0) is 10.5 Å². The van der Waals surface area contributed by atoms with Gasteiger partial charge in [0.05, 0.1) is 10.7 Å². The topological polar surface area (TPSA) is 47.9 Å². The number of para-hydroxylation sites is 2. The van der Waals surface area contributed by atoms with E-state index in [9.17, 15) is 4.79 Å². The number of amidine groups is 1. The van der Waals surface area contributed by atoms with Gasteiger partial charge in [0.15, 0.2) is 5.84 Å². The van der Waals surface area contributed by atoms with Gasteiger partial charge in [-0.25, -0.2) is 5.01 Å². The van der Waals surface area contributed by atoms with Gasteiger partial charge in [0.1, 0.15) is 0 Å². The van der Waals surface area contributed by atoms with Gasteiger partial charge in [-0.2, -0.15) is 5.10 Å². The third-order valence-electron chi connectivity index (χ3n) is 6.10. The number of anilines is 3. The Labute approximate surface area is 206 Å². The summed E-state index contributed by atoms with van der Waals surface area (Å²) in [6.07, 6.45) is 0. The molecule has 7 heteroatoms. The summed E-state index contributed by atoms with van der Waals surface area (Å²) in [6, 6.07) is 32.3. The maximum atomic E-state index is 14.0. The van der Waals surface area contributed by atoms with Crippen LogP contribution in [0.25, 0.3) is 0 Å². The van der Waals surface area contributed by atoms with Crippen molar-refractivity contribution in [1.29, 1.82) is 0 Å². The van der Waals surface area contributed by atoms with E-state index in [1.54, 1.807) is 11.1 Å². The number of carbonyl (C=O) groups is 1. The molecule has 0 radical (unpaired) electrons. The summed E-state index contributed by atoms with van der Waals surface area (Å²) >= 11 is 12.9. The molecule has 0 saturated carbocycles. The summed E-state index contributed by atoms with van der Waals surface area (Å²) in [5.41, 5.74) is 2.44. The molecule has 1 amide bonds. The van der Waals surface area contributed by atoms with E-state index in [0.29, 0.717) is 21.6 Å². The Hall–Kier alpha value is -3.80. The molecule has 0 aliphatic carbocycles. The molecule has 0 saturated heterocycles. The molecule has 1 atom stereocenters. The first kappa shape index (κ1) is 20.8. The van der Waals surface area contributed by atoms with Gasteiger partial charge in [0.25, 0.3) is 5.91 Å². The van der Waals surface area contributed by atoms with Crippen LogP contribution < -0.4 is 15.2 Å². The first-order chi connectivity index (χ1) is 16.6. The molecule has 1 N–H and O–H groups in total. The molecule has 5 nitrogen and oxygen atoms in total. The number of rotatable bonds is 3. The molecule has 2 heterocycles. The third-order valence-corrected chi connectivity index (χ3v) is 6.67. The maximum absolute atomic E-state index is 14.0. The fraction of sp³-hybridized carbons (Fsp3) is 0.0370. The van der Waals surface area contributed by atoms with Crippen molar-refractivity contribution in [2.24, 2.45) is 5.10 Å². The van der Waals surface area contributed by atoms with Crippen molar-refractivity contribution in [2.75, 3.05) is 15.2 Å². The molecule has 1 unspecified atom stereocenters. The zero-order valence-corrected chi connectivity index (χ0v) is 19.3. The standard InChI is InChI=1S/C27H18Cl2N4O/c28-19-14-16-20(17-15-19)32-25(18-8-2-1-3-9-18)31-33(24-13-7-5-11-22(24)29)27(32)21-10-4-6-12-23(21)30-26(27)34/h1-17H,(H,30,34). The van der Waals surface area contributed by atoms with E-state index in [-0.39, 0.29) is 5.91 Å². The quantitative estimate of drug-likeness (QED) is 0.361. The lowest BCUT2D eigenvalue weighted by atomic mass is 9.96. The molecule has 2 aliphatic heterocycles. The fourth-order valence-corrected chi connectivity index (χ4v) is 4.99. The van der Waals surface area contributed by atoms with Gasteiger partial charge in [0, 0.05) is 27.5 Å². The number of nitrogens with zero attached hydrogens (tertiary/aromatic N) is 3. The summed E-state index contributed by atoms with van der Waals surface area (Å²) in [4.78, 5) is 16.0. The van der Waals surface area contributed by atoms with Gasteiger partial charge in [-0.3, -0.25) is 9.69 Å². The van der Waals surface area contributed by atoms with E-state index in [4.69, 9.17) is 28.3 Å². The Morgan fingerprint density at radius 1 is 0.765 bits per heavy atom. The lowest BCUT2D eigenvalue weighted by molar-refractivity contribution is -0.120. The van der Waals surface area contributed by atoms with Crippen molar-refractivity contribution in [2.45, 2.75) is 5.66 Å². The smallest absolute Gasteiger partial charge is 0.278 e. The Morgan fingerprint density at radius 3 is 2.21 bits per heavy atom. The van der Waals surface area contributed by atoms with Gasteiger partial charge in [0.2, 0.25) is 5.66 Å². The van der Waals surface area contributed by atoms with E-state index in [1.165, 1.54) is 0 Å². The number of amides is 1. The fourth-order valence-electron chi connectivity index (χ4n) is 4.64. The Bertz CT molecular complexity index is 1440. The molecule has 0 bridgehead atoms. The normalized spacial score (nSPS) is 18.8. The zero-order chi connectivity index (χ0) is 23.3. The first-order valence-corrected chi connectivity index (χ1v) is 11.5. The Kier molecular flexibility index (Phi) is 4.83. The molecular formula is C27H18Cl2N4O. The van der Waals surface area contributed by atoms with Crippen LogP contribution in [0.3, 0.4) is 0 Å². The summed E-state index contributed by atoms with van der Waals surface area (Å²) in [5, 5.41) is 10.9. The second kappa shape index (κ2) is 7.90. The number of carbonyl (C=O) groups excluding carboxylic acids is 1. The number of fused-ring (bicyclic) bond motifs is 2. The molecule has 0 aromatic heterocycles. The highest BCUT2D eigenvalue weighted by Gasteiger charge is 2.61. The summed E-state index contributed by atoms with van der Waals surface area (Å²) in [6.45, 7) is 0. The summed E-state index contributed by atoms with van der Waals surface area (Å²) < 4.78 is 0. The van der Waals surface area contributed by atoms with Gasteiger partial charge in [-0.1, -0.05) is 83.9 Å². The molecule has 1 spiro atoms. The zero-order valence-electron chi connectivity index (χ0n) is 17.8. The number of hydrazone groups is 1. The van der Waals surface area contributed by atoms with Crippen molar-refractivity contribution in [1.82, 2.24) is 0 Å². The van der Waals surface area contributed by atoms with Crippen LogP contribution in [0.15, 0.2) is 108 Å². The van der Waals surface area contributed by atoms with Crippen LogP contribution in [0, 0.1) is 0 Å². The van der Waals surface area contributed by atoms with E-state index >= 15 is 0 Å². The molecule has 0 fully saturated rings. The highest BCUT2D eigenvalue weighted by atomic mass is 35.5. The van der Waals surface area contributed by atoms with Crippen molar-refractivity contribution < 1.29 is 4.79 Å². The van der Waals surface area contributed by atoms with Crippen LogP contribution in [-0.4, -0.2) is 11.7 Å². The molecule has 4 aromatic rings. The van der Waals surface area contributed by atoms with Gasteiger partial charge < -0.3 is 5.32 Å². The number of hydrogen-bond donors (Lipinski definition) is 1. The van der Waals surface area contributed by atoms with Crippen molar-refractivity contribution in [3.05, 3.63) is 124 Å². The third kappa shape index (κ3) is 2.94. The molecule has 166 valence electrons. The average molecular weight is 485 g/mol. The predicted octanol–water partition coefficient (Wildman–Crippen LogP) is 6.49. The summed E-state index contributed by atoms with van der Waals surface area (Å²) in [5.74, 6) is 0.396. The monoisotopic (exact) mass is 484 g/mol. The van der Waals surface area contributed by atoms with Crippen LogP contribution in [0.2, 0.25) is 10.0 Å². The average Bonchev–Trinajstić information content (AvgIpc) is 3.37. The first-order valence-electron chi connectivity index (χ1n) is 10.8. The molecule has 34 heavy (non-hydrogen) atoms. The highest BCUT2D eigenvalue weighted by Crippen LogP contribution is 2.51. The van der Waals surface area contributed by atoms with E-state index in [1.807, 2.05) is 102 Å². The minimum absolute atomic E-state index is 0.224. The van der Waals surface area contributed by atoms with E-state index < -0.39 is 5.66 Å². The van der Waals surface area contributed by atoms with Crippen LogP contribution in [0.4, 0.5) is 17.1 Å². The SMILES string of the molecule is O=C1Nc2ccccc2C12N(c1ccccc1Cl)N=C(c1ccccc1)N2c1ccc(Cl)cc1. The lowest BCUT2D eigenvalue weighted by Gasteiger charge is -2.40. The molecule has 2 aliphatic rings. The largest absolute Gasteiger partial charge is 0.322 e. The Morgan fingerprint density at radius 2 is 1.44 bits per heavy atom. The minimum atomic E-state index is -1.33. The number of benzene rings is 4. The second-order valence-electron chi connectivity index (χ2n) is 8.04. The number of halogens is 2.